The first kappa shape index (κ1) is 12.6. The van der Waals surface area contributed by atoms with Crippen LogP contribution in [0.15, 0.2) is 35.1 Å². The van der Waals surface area contributed by atoms with Gasteiger partial charge in [-0.15, -0.1) is 0 Å². The monoisotopic (exact) mass is 255 g/mol. The van der Waals surface area contributed by atoms with E-state index in [2.05, 4.69) is 10.1 Å². The molecule has 2 heterocycles. The van der Waals surface area contributed by atoms with Crippen LogP contribution < -0.4 is 0 Å². The number of aryl methyl sites for hydroxylation is 1. The number of nitrogens with zero attached hydrogens (tertiary/aromatic N) is 3. The summed E-state index contributed by atoms with van der Waals surface area (Å²) in [5.74, 6) is 0. The first-order valence-corrected chi connectivity index (χ1v) is 5.51. The number of aliphatic imine (C=N–C) groups is 1. The molecule has 3 nitrogen and oxygen atoms in total. The highest BCUT2D eigenvalue weighted by molar-refractivity contribution is 6.02. The highest BCUT2D eigenvalue weighted by atomic mass is 19.4. The summed E-state index contributed by atoms with van der Waals surface area (Å²) < 4.78 is 39.2. The Kier molecular flexibility index (Phi) is 3.36. The van der Waals surface area contributed by atoms with Crippen LogP contribution in [0.4, 0.5) is 13.2 Å². The molecule has 0 bridgehead atoms. The third-order valence-corrected chi connectivity index (χ3v) is 2.47. The molecule has 1 aromatic heterocycles. The number of aromatic nitrogens is 2. The molecule has 0 amide bonds. The maximum Gasteiger partial charge on any atom is 0.433 e. The lowest BCUT2D eigenvalue weighted by molar-refractivity contribution is -0.0925. The van der Waals surface area contributed by atoms with E-state index >= 15 is 0 Å². The Morgan fingerprint density at radius 3 is 2.56 bits per heavy atom. The third-order valence-electron chi connectivity index (χ3n) is 2.47. The van der Waals surface area contributed by atoms with Gasteiger partial charge in [-0.05, 0) is 25.8 Å². The molecular weight excluding hydrogens is 243 g/mol. The molecule has 0 aliphatic carbocycles. The normalized spacial score (nSPS) is 19.8. The molecule has 0 radical (unpaired) electrons. The van der Waals surface area contributed by atoms with E-state index in [1.165, 1.54) is 10.9 Å². The van der Waals surface area contributed by atoms with Crippen LogP contribution in [0, 0.1) is 6.92 Å². The van der Waals surface area contributed by atoms with Crippen molar-refractivity contribution in [2.24, 2.45) is 4.99 Å². The molecule has 1 aliphatic heterocycles. The second-order valence-electron chi connectivity index (χ2n) is 3.95. The summed E-state index contributed by atoms with van der Waals surface area (Å²) >= 11 is 0. The summed E-state index contributed by atoms with van der Waals surface area (Å²) in [4.78, 5) is 3.50. The van der Waals surface area contributed by atoms with Gasteiger partial charge in [0.15, 0.2) is 0 Å². The molecule has 0 spiro atoms. The van der Waals surface area contributed by atoms with Crippen molar-refractivity contribution in [3.8, 4) is 0 Å². The molecule has 1 aromatic rings. The van der Waals surface area contributed by atoms with E-state index in [4.69, 9.17) is 0 Å². The summed E-state index contributed by atoms with van der Waals surface area (Å²) in [6, 6.07) is 1.79. The van der Waals surface area contributed by atoms with E-state index in [1.54, 1.807) is 12.3 Å². The predicted molar refractivity (Wildman–Crippen MR) is 63.1 cm³/mol. The molecule has 0 unspecified atom stereocenters. The second-order valence-corrected chi connectivity index (χ2v) is 3.95. The molecule has 6 heteroatoms. The third kappa shape index (κ3) is 2.88. The van der Waals surface area contributed by atoms with Crippen molar-refractivity contribution in [3.63, 3.8) is 0 Å². The van der Waals surface area contributed by atoms with Crippen LogP contribution in [0.2, 0.25) is 0 Å². The molecule has 0 N–H and O–H groups in total. The van der Waals surface area contributed by atoms with Gasteiger partial charge < -0.3 is 0 Å². The van der Waals surface area contributed by atoms with Gasteiger partial charge >= 0.3 is 6.18 Å². The van der Waals surface area contributed by atoms with Crippen molar-refractivity contribution in [3.05, 3.63) is 35.8 Å². The zero-order chi connectivity index (χ0) is 13.2. The Morgan fingerprint density at radius 2 is 1.94 bits per heavy atom. The van der Waals surface area contributed by atoms with E-state index in [0.717, 1.165) is 11.8 Å². The number of halogens is 3. The first-order chi connectivity index (χ1) is 8.47. The van der Waals surface area contributed by atoms with E-state index in [0.29, 0.717) is 18.5 Å². The Labute approximate surface area is 102 Å². The molecule has 0 saturated heterocycles. The van der Waals surface area contributed by atoms with Gasteiger partial charge in [0.2, 0.25) is 0 Å². The van der Waals surface area contributed by atoms with Crippen molar-refractivity contribution in [2.45, 2.75) is 25.9 Å². The van der Waals surface area contributed by atoms with Crippen LogP contribution in [0.5, 0.6) is 0 Å². The van der Waals surface area contributed by atoms with Gasteiger partial charge in [0.1, 0.15) is 5.70 Å². The predicted octanol–water partition coefficient (Wildman–Crippen LogP) is 3.34. The molecule has 1 aliphatic rings. The fourth-order valence-electron chi connectivity index (χ4n) is 1.59. The van der Waals surface area contributed by atoms with Crippen LogP contribution in [0.3, 0.4) is 0 Å². The van der Waals surface area contributed by atoms with Crippen molar-refractivity contribution < 1.29 is 13.2 Å². The Balaban J connectivity index is 2.28. The SMILES string of the molecule is Cc1ccn(C2=CCC/C=C(\C(F)(F)F)N=C2)n1. The van der Waals surface area contributed by atoms with Crippen LogP contribution in [0.25, 0.3) is 5.70 Å². The standard InChI is InChI=1S/C12H12F3N3/c1-9-6-7-18(17-9)10-4-2-3-5-11(16-8-10)12(13,14)15/h4-8H,2-3H2,1H3/b10-4?,11-5+,16-8?. The van der Waals surface area contributed by atoms with Gasteiger partial charge in [-0.2, -0.15) is 18.3 Å². The van der Waals surface area contributed by atoms with Crippen molar-refractivity contribution in [1.82, 2.24) is 9.78 Å². The summed E-state index contributed by atoms with van der Waals surface area (Å²) in [5.41, 5.74) is 0.507. The van der Waals surface area contributed by atoms with Crippen LogP contribution in [-0.4, -0.2) is 22.2 Å². The first-order valence-electron chi connectivity index (χ1n) is 5.51. The zero-order valence-electron chi connectivity index (χ0n) is 9.78. The van der Waals surface area contributed by atoms with Gasteiger partial charge in [-0.1, -0.05) is 12.2 Å². The minimum Gasteiger partial charge on any atom is -0.250 e. The summed E-state index contributed by atoms with van der Waals surface area (Å²) in [7, 11) is 0. The molecule has 18 heavy (non-hydrogen) atoms. The Bertz CT molecular complexity index is 521. The number of rotatable bonds is 1. The Hall–Kier alpha value is -1.85. The van der Waals surface area contributed by atoms with Crippen LogP contribution in [0.1, 0.15) is 18.5 Å². The highest BCUT2D eigenvalue weighted by Gasteiger charge is 2.33. The van der Waals surface area contributed by atoms with Crippen LogP contribution in [-0.2, 0) is 0 Å². The van der Waals surface area contributed by atoms with Crippen molar-refractivity contribution in [1.29, 1.82) is 0 Å². The minimum absolute atomic E-state index is 0.315. The second kappa shape index (κ2) is 4.80. The molecular formula is C12H12F3N3. The fraction of sp³-hybridized carbons (Fsp3) is 0.333. The fourth-order valence-corrected chi connectivity index (χ4v) is 1.59. The van der Waals surface area contributed by atoms with Crippen molar-refractivity contribution >= 4 is 11.9 Å². The molecule has 2 rings (SSSR count). The molecule has 0 atom stereocenters. The average molecular weight is 255 g/mol. The smallest absolute Gasteiger partial charge is 0.250 e. The van der Waals surface area contributed by atoms with E-state index in [9.17, 15) is 13.2 Å². The number of hydrogen-bond acceptors (Lipinski definition) is 2. The lowest BCUT2D eigenvalue weighted by Gasteiger charge is -2.10. The number of allylic oxidation sites excluding steroid dienone is 4. The van der Waals surface area contributed by atoms with Crippen molar-refractivity contribution in [2.75, 3.05) is 0 Å². The van der Waals surface area contributed by atoms with E-state index in [1.807, 2.05) is 13.0 Å². The summed E-state index contributed by atoms with van der Waals surface area (Å²) in [6.07, 6.45) is 2.27. The maximum absolute atomic E-state index is 12.6. The van der Waals surface area contributed by atoms with Crippen LogP contribution >= 0.6 is 0 Å². The maximum atomic E-state index is 12.6. The van der Waals surface area contributed by atoms with E-state index in [-0.39, 0.29) is 0 Å². The average Bonchev–Trinajstić information content (AvgIpc) is 2.62. The zero-order valence-corrected chi connectivity index (χ0v) is 9.78. The lowest BCUT2D eigenvalue weighted by atomic mass is 10.2. The number of hydrogen-bond donors (Lipinski definition) is 0. The largest absolute Gasteiger partial charge is 0.433 e. The molecule has 96 valence electrons. The highest BCUT2D eigenvalue weighted by Crippen LogP contribution is 2.28. The molecule has 0 aromatic carbocycles. The summed E-state index contributed by atoms with van der Waals surface area (Å²) in [5, 5.41) is 4.15. The van der Waals surface area contributed by atoms with Gasteiger partial charge in [0, 0.05) is 6.20 Å². The van der Waals surface area contributed by atoms with Gasteiger partial charge in [-0.3, -0.25) is 0 Å². The summed E-state index contributed by atoms with van der Waals surface area (Å²) in [6.45, 7) is 1.82. The molecule has 0 fully saturated rings. The van der Waals surface area contributed by atoms with Gasteiger partial charge in [0.05, 0.1) is 17.6 Å². The topological polar surface area (TPSA) is 30.2 Å². The minimum atomic E-state index is -4.40. The van der Waals surface area contributed by atoms with Gasteiger partial charge in [0.25, 0.3) is 0 Å². The van der Waals surface area contributed by atoms with E-state index < -0.39 is 11.9 Å². The lowest BCUT2D eigenvalue weighted by Crippen LogP contribution is -2.11. The Morgan fingerprint density at radius 1 is 1.22 bits per heavy atom. The molecule has 0 saturated carbocycles. The quantitative estimate of drug-likeness (QED) is 0.757. The van der Waals surface area contributed by atoms with Gasteiger partial charge in [-0.25, -0.2) is 9.67 Å². The number of alkyl halides is 3.